The van der Waals surface area contributed by atoms with Crippen molar-refractivity contribution in [1.82, 2.24) is 15.1 Å². The highest BCUT2D eigenvalue weighted by atomic mass is 16.2. The highest BCUT2D eigenvalue weighted by molar-refractivity contribution is 5.82. The van der Waals surface area contributed by atoms with Gasteiger partial charge in [-0.2, -0.15) is 0 Å². The van der Waals surface area contributed by atoms with Gasteiger partial charge in [-0.1, -0.05) is 26.2 Å². The Morgan fingerprint density at radius 2 is 1.91 bits per heavy atom. The second kappa shape index (κ2) is 7.98. The fourth-order valence-corrected chi connectivity index (χ4v) is 5.21. The van der Waals surface area contributed by atoms with Crippen LogP contribution in [0.5, 0.6) is 0 Å². The Bertz CT molecular complexity index is 400. The van der Waals surface area contributed by atoms with Crippen molar-refractivity contribution >= 4 is 5.91 Å². The summed E-state index contributed by atoms with van der Waals surface area (Å²) in [5.74, 6) is 1.13. The normalized spacial score (nSPS) is 36.6. The Hall–Kier alpha value is -0.610. The molecular weight excluding hydrogens is 286 g/mol. The largest absolute Gasteiger partial charge is 0.337 e. The van der Waals surface area contributed by atoms with Gasteiger partial charge >= 0.3 is 0 Å². The van der Waals surface area contributed by atoms with Gasteiger partial charge in [-0.05, 0) is 64.6 Å². The predicted molar refractivity (Wildman–Crippen MR) is 94.4 cm³/mol. The average Bonchev–Trinajstić information content (AvgIpc) is 2.84. The van der Waals surface area contributed by atoms with Gasteiger partial charge in [0.25, 0.3) is 0 Å². The number of fused-ring (bicyclic) bond motifs is 1. The van der Waals surface area contributed by atoms with E-state index in [-0.39, 0.29) is 6.04 Å². The van der Waals surface area contributed by atoms with Crippen molar-refractivity contribution in [3.05, 3.63) is 0 Å². The topological polar surface area (TPSA) is 35.6 Å². The summed E-state index contributed by atoms with van der Waals surface area (Å²) in [6.07, 6.45) is 11.4. The minimum atomic E-state index is 0.0430. The number of carbonyl (C=O) groups excluding carboxylic acids is 1. The fourth-order valence-electron chi connectivity index (χ4n) is 5.21. The van der Waals surface area contributed by atoms with Crippen LogP contribution in [-0.2, 0) is 4.79 Å². The smallest absolute Gasteiger partial charge is 0.240 e. The number of hydrogen-bond acceptors (Lipinski definition) is 3. The Labute approximate surface area is 142 Å². The van der Waals surface area contributed by atoms with Gasteiger partial charge in [-0.15, -0.1) is 0 Å². The number of carbonyl (C=O) groups is 1. The maximum Gasteiger partial charge on any atom is 0.240 e. The first-order valence-electron chi connectivity index (χ1n) is 9.96. The first-order valence-corrected chi connectivity index (χ1v) is 9.96. The lowest BCUT2D eigenvalue weighted by molar-refractivity contribution is -0.136. The molecule has 3 rings (SSSR count). The van der Waals surface area contributed by atoms with Crippen LogP contribution >= 0.6 is 0 Å². The van der Waals surface area contributed by atoms with Gasteiger partial charge < -0.3 is 10.2 Å². The van der Waals surface area contributed by atoms with E-state index in [4.69, 9.17) is 0 Å². The lowest BCUT2D eigenvalue weighted by Gasteiger charge is -2.38. The van der Waals surface area contributed by atoms with Gasteiger partial charge in [0.05, 0.1) is 6.04 Å². The molecule has 132 valence electrons. The van der Waals surface area contributed by atoms with Crippen LogP contribution < -0.4 is 5.32 Å². The molecule has 2 heterocycles. The van der Waals surface area contributed by atoms with Gasteiger partial charge in [0.1, 0.15) is 0 Å². The summed E-state index contributed by atoms with van der Waals surface area (Å²) in [5.41, 5.74) is 0. The zero-order valence-corrected chi connectivity index (χ0v) is 15.1. The third-order valence-corrected chi connectivity index (χ3v) is 6.59. The third kappa shape index (κ3) is 3.74. The molecule has 3 fully saturated rings. The number of likely N-dealkylation sites (tertiary alicyclic amines) is 2. The molecule has 1 N–H and O–H groups in total. The van der Waals surface area contributed by atoms with E-state index in [1.165, 1.54) is 57.9 Å². The maximum absolute atomic E-state index is 13.1. The van der Waals surface area contributed by atoms with Crippen LogP contribution in [-0.4, -0.2) is 60.5 Å². The number of nitrogens with zero attached hydrogens (tertiary/aromatic N) is 2. The van der Waals surface area contributed by atoms with Gasteiger partial charge in [0.2, 0.25) is 5.91 Å². The van der Waals surface area contributed by atoms with Gasteiger partial charge in [-0.3, -0.25) is 9.69 Å². The minimum Gasteiger partial charge on any atom is -0.337 e. The molecule has 0 spiro atoms. The molecule has 0 aromatic carbocycles. The van der Waals surface area contributed by atoms with E-state index < -0.39 is 0 Å². The lowest BCUT2D eigenvalue weighted by atomic mass is 9.97. The summed E-state index contributed by atoms with van der Waals surface area (Å²) in [6, 6.07) is 1.13. The van der Waals surface area contributed by atoms with Crippen LogP contribution in [0, 0.1) is 5.92 Å². The van der Waals surface area contributed by atoms with Gasteiger partial charge in [0, 0.05) is 18.6 Å². The van der Waals surface area contributed by atoms with Crippen LogP contribution in [0.25, 0.3) is 0 Å². The quantitative estimate of drug-likeness (QED) is 0.864. The van der Waals surface area contributed by atoms with Crippen molar-refractivity contribution in [2.24, 2.45) is 5.92 Å². The average molecular weight is 322 g/mol. The van der Waals surface area contributed by atoms with E-state index in [0.717, 1.165) is 25.4 Å². The number of hydrogen-bond donors (Lipinski definition) is 1. The van der Waals surface area contributed by atoms with Crippen molar-refractivity contribution in [2.75, 3.05) is 26.7 Å². The highest BCUT2D eigenvalue weighted by Gasteiger charge is 2.41. The molecule has 0 aromatic rings. The number of amides is 1. The molecule has 2 aliphatic heterocycles. The number of likely N-dealkylation sites (N-methyl/N-ethyl adjacent to an activating group) is 2. The van der Waals surface area contributed by atoms with Crippen molar-refractivity contribution in [3.8, 4) is 0 Å². The summed E-state index contributed by atoms with van der Waals surface area (Å²) in [7, 11) is 1.95. The molecule has 3 aliphatic rings. The Balaban J connectivity index is 1.77. The van der Waals surface area contributed by atoms with Gasteiger partial charge in [-0.25, -0.2) is 0 Å². The van der Waals surface area contributed by atoms with Crippen molar-refractivity contribution in [2.45, 2.75) is 82.8 Å². The van der Waals surface area contributed by atoms with Crippen molar-refractivity contribution < 1.29 is 4.79 Å². The highest BCUT2D eigenvalue weighted by Crippen LogP contribution is 2.37. The zero-order valence-electron chi connectivity index (χ0n) is 15.1. The van der Waals surface area contributed by atoms with E-state index in [1.807, 2.05) is 7.05 Å². The van der Waals surface area contributed by atoms with Crippen LogP contribution in [0.4, 0.5) is 0 Å². The Kier molecular flexibility index (Phi) is 5.97. The molecule has 4 atom stereocenters. The summed E-state index contributed by atoms with van der Waals surface area (Å²) < 4.78 is 0. The molecule has 4 nitrogen and oxygen atoms in total. The van der Waals surface area contributed by atoms with E-state index in [2.05, 4.69) is 22.0 Å². The fraction of sp³-hybridized carbons (Fsp3) is 0.947. The van der Waals surface area contributed by atoms with Crippen molar-refractivity contribution in [1.29, 1.82) is 0 Å². The maximum atomic E-state index is 13.1. The Morgan fingerprint density at radius 1 is 1.04 bits per heavy atom. The number of nitrogens with one attached hydrogen (secondary N) is 1. The summed E-state index contributed by atoms with van der Waals surface area (Å²) in [4.78, 5) is 18.1. The zero-order chi connectivity index (χ0) is 16.2. The molecule has 1 saturated carbocycles. The molecular formula is C19H35N3O. The lowest BCUT2D eigenvalue weighted by Crippen LogP contribution is -2.53. The van der Waals surface area contributed by atoms with Crippen molar-refractivity contribution in [3.63, 3.8) is 0 Å². The van der Waals surface area contributed by atoms with Crippen LogP contribution in [0.3, 0.4) is 0 Å². The second-order valence-electron chi connectivity index (χ2n) is 7.80. The number of rotatable bonds is 4. The third-order valence-electron chi connectivity index (χ3n) is 6.59. The van der Waals surface area contributed by atoms with E-state index in [1.54, 1.807) is 0 Å². The van der Waals surface area contributed by atoms with Crippen LogP contribution in [0.1, 0.15) is 64.7 Å². The predicted octanol–water partition coefficient (Wildman–Crippen LogP) is 2.63. The molecule has 0 radical (unpaired) electrons. The molecule has 1 amide bonds. The molecule has 4 unspecified atom stereocenters. The monoisotopic (exact) mass is 321 g/mol. The standard InChI is InChI=1S/C19H35N3O/c1-3-21-13-6-4-5-9-16(21)14-22-18-10-7-8-15(18)11-12-17(20-2)19(22)23/h15-18,20H,3-14H2,1-2H3. The van der Waals surface area contributed by atoms with Crippen LogP contribution in [0.15, 0.2) is 0 Å². The second-order valence-corrected chi connectivity index (χ2v) is 7.80. The molecule has 0 aromatic heterocycles. The summed E-state index contributed by atoms with van der Waals surface area (Å²) >= 11 is 0. The summed E-state index contributed by atoms with van der Waals surface area (Å²) in [6.45, 7) is 5.58. The molecule has 0 bridgehead atoms. The van der Waals surface area contributed by atoms with Crippen LogP contribution in [0.2, 0.25) is 0 Å². The molecule has 2 saturated heterocycles. The van der Waals surface area contributed by atoms with Gasteiger partial charge in [0.15, 0.2) is 0 Å². The molecule has 23 heavy (non-hydrogen) atoms. The first kappa shape index (κ1) is 17.2. The van der Waals surface area contributed by atoms with E-state index in [0.29, 0.717) is 18.0 Å². The molecule has 1 aliphatic carbocycles. The summed E-state index contributed by atoms with van der Waals surface area (Å²) in [5, 5.41) is 3.28. The SMILES string of the molecule is CCN1CCCCCC1CN1C(=O)C(NC)CCC2CCCC21. The van der Waals surface area contributed by atoms with E-state index in [9.17, 15) is 4.79 Å². The Morgan fingerprint density at radius 3 is 2.70 bits per heavy atom. The minimum absolute atomic E-state index is 0.0430. The van der Waals surface area contributed by atoms with E-state index >= 15 is 0 Å². The first-order chi connectivity index (χ1) is 11.2. The molecule has 4 heteroatoms.